The zero-order valence-corrected chi connectivity index (χ0v) is 8.59. The van der Waals surface area contributed by atoms with Gasteiger partial charge in [0.1, 0.15) is 0 Å². The normalized spacial score (nSPS) is 14.5. The molecule has 13 heavy (non-hydrogen) atoms. The van der Waals surface area contributed by atoms with E-state index in [4.69, 9.17) is 0 Å². The lowest BCUT2D eigenvalue weighted by molar-refractivity contribution is -0.120. The van der Waals surface area contributed by atoms with E-state index in [0.29, 0.717) is 0 Å². The predicted octanol–water partition coefficient (Wildman–Crippen LogP) is 1.84. The number of nitrogens with one attached hydrogen (secondary N) is 1. The van der Waals surface area contributed by atoms with Crippen molar-refractivity contribution in [3.8, 4) is 0 Å². The van der Waals surface area contributed by atoms with Gasteiger partial charge in [0.05, 0.1) is 13.2 Å². The molecule has 2 atom stereocenters. The second kappa shape index (κ2) is 5.56. The first-order valence-corrected chi connectivity index (χ1v) is 4.37. The molecule has 4 heteroatoms. The van der Waals surface area contributed by atoms with E-state index in [-0.39, 0.29) is 14.6 Å². The lowest BCUT2D eigenvalue weighted by atomic mass is 9.96. The van der Waals surface area contributed by atoms with Gasteiger partial charge in [-0.25, -0.2) is 4.79 Å². The highest BCUT2D eigenvalue weighted by Crippen LogP contribution is 2.08. The zero-order chi connectivity index (χ0) is 10.4. The number of carbonyl (C=O) groups is 2. The minimum Gasteiger partial charge on any atom is -0.453 e. The van der Waals surface area contributed by atoms with Crippen LogP contribution < -0.4 is 5.32 Å². The largest absolute Gasteiger partial charge is 0.453 e. The lowest BCUT2D eigenvalue weighted by Crippen LogP contribution is -2.43. The van der Waals surface area contributed by atoms with E-state index in [9.17, 15) is 9.59 Å². The molecule has 1 amide bonds. The number of rotatable bonds is 4. The standard InChI is InChI=1S/C9H17NO3.2H2/c1-5-6(2)8(7(3)11)10-9(12)13-4;;/h6,8H,5H2,1-4H3,(H,10,12);2*1H/t6?,8-;;/m0../s1. The number of ether oxygens (including phenoxy) is 1. The average molecular weight is 191 g/mol. The molecular formula is C9H21NO3. The summed E-state index contributed by atoms with van der Waals surface area (Å²) in [5.41, 5.74) is 0. The average Bonchev–Trinajstić information content (AvgIpc) is 2.11. The van der Waals surface area contributed by atoms with E-state index in [1.165, 1.54) is 14.0 Å². The molecule has 1 unspecified atom stereocenters. The van der Waals surface area contributed by atoms with Crippen LogP contribution in [0.2, 0.25) is 0 Å². The van der Waals surface area contributed by atoms with Crippen molar-refractivity contribution in [2.45, 2.75) is 33.2 Å². The Bertz CT molecular complexity index is 200. The van der Waals surface area contributed by atoms with E-state index >= 15 is 0 Å². The van der Waals surface area contributed by atoms with Gasteiger partial charge < -0.3 is 10.1 Å². The van der Waals surface area contributed by atoms with Crippen molar-refractivity contribution in [1.29, 1.82) is 0 Å². The first-order valence-electron chi connectivity index (χ1n) is 4.37. The molecule has 80 valence electrons. The molecule has 0 bridgehead atoms. The van der Waals surface area contributed by atoms with Gasteiger partial charge in [0.25, 0.3) is 0 Å². The molecule has 0 aliphatic rings. The predicted molar refractivity (Wildman–Crippen MR) is 53.7 cm³/mol. The smallest absolute Gasteiger partial charge is 0.407 e. The van der Waals surface area contributed by atoms with Crippen LogP contribution in [0.15, 0.2) is 0 Å². The van der Waals surface area contributed by atoms with Crippen molar-refractivity contribution in [3.63, 3.8) is 0 Å². The van der Waals surface area contributed by atoms with Gasteiger partial charge in [0.2, 0.25) is 0 Å². The topological polar surface area (TPSA) is 55.4 Å². The van der Waals surface area contributed by atoms with E-state index in [2.05, 4.69) is 10.1 Å². The van der Waals surface area contributed by atoms with Gasteiger partial charge in [0.15, 0.2) is 5.78 Å². The molecule has 4 nitrogen and oxygen atoms in total. The Labute approximate surface area is 81.6 Å². The Balaban J connectivity index is -0.000000720. The Morgan fingerprint density at radius 3 is 2.38 bits per heavy atom. The van der Waals surface area contributed by atoms with Crippen molar-refractivity contribution in [2.24, 2.45) is 5.92 Å². The minimum atomic E-state index is -0.555. The quantitative estimate of drug-likeness (QED) is 0.737. The molecule has 0 spiro atoms. The Hall–Kier alpha value is -1.06. The summed E-state index contributed by atoms with van der Waals surface area (Å²) in [7, 11) is 1.28. The number of hydrogen-bond acceptors (Lipinski definition) is 3. The number of ketones is 1. The summed E-state index contributed by atoms with van der Waals surface area (Å²) in [6.45, 7) is 5.36. The maximum absolute atomic E-state index is 11.1. The summed E-state index contributed by atoms with van der Waals surface area (Å²) in [4.78, 5) is 22.0. The maximum atomic E-state index is 11.1. The van der Waals surface area contributed by atoms with Crippen molar-refractivity contribution in [1.82, 2.24) is 5.32 Å². The number of carbonyl (C=O) groups excluding carboxylic acids is 2. The SMILES string of the molecule is CCC(C)[C@H](NC(=O)OC)C(C)=O.[HH].[HH]. The first kappa shape index (κ1) is 11.9. The van der Waals surface area contributed by atoms with Gasteiger partial charge in [0, 0.05) is 2.85 Å². The fourth-order valence-corrected chi connectivity index (χ4v) is 1.07. The molecule has 0 aliphatic carbocycles. The molecule has 0 aromatic rings. The number of Topliss-reactive ketones (excluding diaryl/α,β-unsaturated/α-hetero) is 1. The van der Waals surface area contributed by atoms with Crippen LogP contribution in [-0.4, -0.2) is 25.0 Å². The van der Waals surface area contributed by atoms with Crippen LogP contribution in [0.4, 0.5) is 4.79 Å². The molecule has 0 fully saturated rings. The molecule has 0 aromatic carbocycles. The second-order valence-corrected chi connectivity index (χ2v) is 3.11. The first-order chi connectivity index (χ1) is 6.02. The van der Waals surface area contributed by atoms with Gasteiger partial charge in [-0.2, -0.15) is 0 Å². The Kier molecular flexibility index (Phi) is 5.11. The molecule has 0 aromatic heterocycles. The van der Waals surface area contributed by atoms with Crippen LogP contribution in [0.1, 0.15) is 30.0 Å². The summed E-state index contributed by atoms with van der Waals surface area (Å²) < 4.78 is 4.42. The number of amides is 1. The highest BCUT2D eigenvalue weighted by Gasteiger charge is 2.22. The maximum Gasteiger partial charge on any atom is 0.407 e. The minimum absolute atomic E-state index is 0. The van der Waals surface area contributed by atoms with Gasteiger partial charge in [-0.1, -0.05) is 20.3 Å². The fraction of sp³-hybridized carbons (Fsp3) is 0.778. The number of hydrogen-bond donors (Lipinski definition) is 1. The molecule has 0 rings (SSSR count). The van der Waals surface area contributed by atoms with Gasteiger partial charge in [-0.3, -0.25) is 4.79 Å². The second-order valence-electron chi connectivity index (χ2n) is 3.11. The molecular weight excluding hydrogens is 170 g/mol. The fourth-order valence-electron chi connectivity index (χ4n) is 1.07. The van der Waals surface area contributed by atoms with Crippen LogP contribution in [0.5, 0.6) is 0 Å². The molecule has 0 saturated heterocycles. The number of methoxy groups -OCH3 is 1. The Morgan fingerprint density at radius 1 is 1.54 bits per heavy atom. The molecule has 0 radical (unpaired) electrons. The van der Waals surface area contributed by atoms with Crippen LogP contribution in [0.25, 0.3) is 0 Å². The van der Waals surface area contributed by atoms with Crippen LogP contribution in [0, 0.1) is 5.92 Å². The molecule has 0 aliphatic heterocycles. The van der Waals surface area contributed by atoms with E-state index in [0.717, 1.165) is 6.42 Å². The van der Waals surface area contributed by atoms with Crippen molar-refractivity contribution in [2.75, 3.05) is 7.11 Å². The Morgan fingerprint density at radius 2 is 2.08 bits per heavy atom. The van der Waals surface area contributed by atoms with Crippen LogP contribution in [-0.2, 0) is 9.53 Å². The third-order valence-corrected chi connectivity index (χ3v) is 2.11. The highest BCUT2D eigenvalue weighted by atomic mass is 16.5. The van der Waals surface area contributed by atoms with Gasteiger partial charge in [-0.05, 0) is 12.8 Å². The van der Waals surface area contributed by atoms with Crippen molar-refractivity contribution < 1.29 is 17.2 Å². The van der Waals surface area contributed by atoms with E-state index in [1.807, 2.05) is 13.8 Å². The third-order valence-electron chi connectivity index (χ3n) is 2.11. The van der Waals surface area contributed by atoms with Crippen LogP contribution in [0.3, 0.4) is 0 Å². The summed E-state index contributed by atoms with van der Waals surface area (Å²) >= 11 is 0. The van der Waals surface area contributed by atoms with Gasteiger partial charge in [-0.15, -0.1) is 0 Å². The third kappa shape index (κ3) is 3.92. The summed E-state index contributed by atoms with van der Waals surface area (Å²) in [6.07, 6.45) is 0.286. The van der Waals surface area contributed by atoms with E-state index < -0.39 is 12.1 Å². The van der Waals surface area contributed by atoms with Crippen LogP contribution >= 0.6 is 0 Å². The highest BCUT2D eigenvalue weighted by molar-refractivity contribution is 5.85. The van der Waals surface area contributed by atoms with Gasteiger partial charge >= 0.3 is 6.09 Å². The summed E-state index contributed by atoms with van der Waals surface area (Å²) in [5, 5.41) is 2.51. The molecule has 0 heterocycles. The lowest BCUT2D eigenvalue weighted by Gasteiger charge is -2.20. The van der Waals surface area contributed by atoms with Crippen molar-refractivity contribution >= 4 is 11.9 Å². The summed E-state index contributed by atoms with van der Waals surface area (Å²) in [6, 6.07) is -0.433. The molecule has 1 N–H and O–H groups in total. The zero-order valence-electron chi connectivity index (χ0n) is 8.59. The van der Waals surface area contributed by atoms with Crippen molar-refractivity contribution in [3.05, 3.63) is 0 Å². The number of alkyl carbamates (subject to hydrolysis) is 1. The monoisotopic (exact) mass is 191 g/mol. The molecule has 0 saturated carbocycles. The van der Waals surface area contributed by atoms with E-state index in [1.54, 1.807) is 0 Å². The summed E-state index contributed by atoms with van der Waals surface area (Å²) in [5.74, 6) is 0.0938.